The van der Waals surface area contributed by atoms with Crippen molar-refractivity contribution in [2.75, 3.05) is 13.4 Å². The van der Waals surface area contributed by atoms with E-state index in [0.717, 1.165) is 11.1 Å². The van der Waals surface area contributed by atoms with Gasteiger partial charge in [0.1, 0.15) is 0 Å². The van der Waals surface area contributed by atoms with Gasteiger partial charge >= 0.3 is 5.97 Å². The molecule has 0 aliphatic carbocycles. The monoisotopic (exact) mass is 238 g/mol. The number of benzene rings is 1. The maximum absolute atomic E-state index is 10.7. The largest absolute Gasteiger partial charge is 0.481 e. The first-order chi connectivity index (χ1) is 8.11. The Kier molecular flexibility index (Phi) is 3.19. The molecule has 0 fully saturated rings. The highest BCUT2D eigenvalue weighted by atomic mass is 16.7. The normalized spacial score (nSPS) is 14.7. The minimum Gasteiger partial charge on any atom is -0.481 e. The summed E-state index contributed by atoms with van der Waals surface area (Å²) in [5.41, 5.74) is 1.69. The molecule has 2 rings (SSSR count). The van der Waals surface area contributed by atoms with Crippen molar-refractivity contribution in [2.24, 2.45) is 0 Å². The van der Waals surface area contributed by atoms with Crippen LogP contribution in [0, 0.1) is 6.92 Å². The zero-order chi connectivity index (χ0) is 12.4. The van der Waals surface area contributed by atoms with Gasteiger partial charge in [0.2, 0.25) is 6.79 Å². The fourth-order valence-corrected chi connectivity index (χ4v) is 1.98. The molecule has 0 spiro atoms. The number of aliphatic hydroxyl groups is 1. The fraction of sp³-hybridized carbons (Fsp3) is 0.417. The Morgan fingerprint density at radius 1 is 1.41 bits per heavy atom. The number of rotatable bonds is 4. The minimum atomic E-state index is -0.930. The number of carboxylic acid groups (broad SMARTS) is 1. The number of carboxylic acids is 1. The number of aliphatic hydroxyl groups excluding tert-OH is 1. The molecule has 1 heterocycles. The predicted octanol–water partition coefficient (Wildman–Crippen LogP) is 1.27. The molecule has 1 aromatic carbocycles. The van der Waals surface area contributed by atoms with E-state index < -0.39 is 11.9 Å². The lowest BCUT2D eigenvalue weighted by molar-refractivity contribution is -0.137. The molecule has 0 radical (unpaired) electrons. The molecular formula is C12H14O5. The highest BCUT2D eigenvalue weighted by Crippen LogP contribution is 2.37. The summed E-state index contributed by atoms with van der Waals surface area (Å²) in [5, 5.41) is 18.1. The third kappa shape index (κ3) is 2.34. The molecule has 1 aliphatic rings. The van der Waals surface area contributed by atoms with Gasteiger partial charge in [-0.2, -0.15) is 0 Å². The molecule has 5 nitrogen and oxygen atoms in total. The molecular weight excluding hydrogens is 224 g/mol. The molecule has 1 aliphatic heterocycles. The Morgan fingerprint density at radius 2 is 2.06 bits per heavy atom. The Balaban J connectivity index is 2.33. The van der Waals surface area contributed by atoms with Crippen LogP contribution in [0.1, 0.15) is 23.5 Å². The molecule has 5 heteroatoms. The Bertz CT molecular complexity index is 441. The van der Waals surface area contributed by atoms with Crippen LogP contribution < -0.4 is 9.47 Å². The van der Waals surface area contributed by atoms with Crippen LogP contribution in [0.5, 0.6) is 11.5 Å². The van der Waals surface area contributed by atoms with Crippen LogP contribution in [0.4, 0.5) is 0 Å². The molecule has 0 bridgehead atoms. The average Bonchev–Trinajstić information content (AvgIpc) is 2.71. The number of aliphatic carboxylic acids is 1. The van der Waals surface area contributed by atoms with E-state index in [9.17, 15) is 9.90 Å². The Morgan fingerprint density at radius 3 is 2.65 bits per heavy atom. The van der Waals surface area contributed by atoms with Gasteiger partial charge in [-0.1, -0.05) is 0 Å². The Labute approximate surface area is 98.6 Å². The van der Waals surface area contributed by atoms with Crippen LogP contribution in [-0.4, -0.2) is 29.6 Å². The van der Waals surface area contributed by atoms with Gasteiger partial charge in [0.15, 0.2) is 11.5 Å². The fourth-order valence-electron chi connectivity index (χ4n) is 1.98. The van der Waals surface area contributed by atoms with E-state index in [1.807, 2.05) is 13.0 Å². The van der Waals surface area contributed by atoms with E-state index in [4.69, 9.17) is 14.6 Å². The van der Waals surface area contributed by atoms with Crippen molar-refractivity contribution in [3.8, 4) is 11.5 Å². The summed E-state index contributed by atoms with van der Waals surface area (Å²) < 4.78 is 10.5. The van der Waals surface area contributed by atoms with Crippen LogP contribution >= 0.6 is 0 Å². The maximum Gasteiger partial charge on any atom is 0.304 e. The molecule has 1 unspecified atom stereocenters. The van der Waals surface area contributed by atoms with E-state index in [1.54, 1.807) is 6.07 Å². The SMILES string of the molecule is Cc1cc2c(cc1C(CO)CC(=O)O)OCO2. The van der Waals surface area contributed by atoms with Gasteiger partial charge in [0, 0.05) is 5.92 Å². The Hall–Kier alpha value is -1.75. The second kappa shape index (κ2) is 4.63. The summed E-state index contributed by atoms with van der Waals surface area (Å²) in [5.74, 6) is -0.0733. The third-order valence-electron chi connectivity index (χ3n) is 2.84. The van der Waals surface area contributed by atoms with Gasteiger partial charge in [-0.05, 0) is 30.2 Å². The maximum atomic E-state index is 10.7. The lowest BCUT2D eigenvalue weighted by atomic mass is 9.92. The lowest BCUT2D eigenvalue weighted by Gasteiger charge is -2.15. The summed E-state index contributed by atoms with van der Waals surface area (Å²) in [6, 6.07) is 3.56. The first kappa shape index (κ1) is 11.7. The highest BCUT2D eigenvalue weighted by Gasteiger charge is 2.21. The number of carbonyl (C=O) groups is 1. The van der Waals surface area contributed by atoms with Gasteiger partial charge in [0.05, 0.1) is 13.0 Å². The average molecular weight is 238 g/mol. The van der Waals surface area contributed by atoms with E-state index in [-0.39, 0.29) is 19.8 Å². The zero-order valence-electron chi connectivity index (χ0n) is 9.47. The lowest BCUT2D eigenvalue weighted by Crippen LogP contribution is -2.11. The van der Waals surface area contributed by atoms with Crippen LogP contribution in [0.25, 0.3) is 0 Å². The van der Waals surface area contributed by atoms with Crippen molar-refractivity contribution < 1.29 is 24.5 Å². The summed E-state index contributed by atoms with van der Waals surface area (Å²) in [6.45, 7) is 1.84. The van der Waals surface area contributed by atoms with Crippen molar-refractivity contribution >= 4 is 5.97 Å². The summed E-state index contributed by atoms with van der Waals surface area (Å²) >= 11 is 0. The zero-order valence-corrected chi connectivity index (χ0v) is 9.47. The van der Waals surface area contributed by atoms with E-state index in [1.165, 1.54) is 0 Å². The quantitative estimate of drug-likeness (QED) is 0.826. The van der Waals surface area contributed by atoms with Gasteiger partial charge in [-0.3, -0.25) is 4.79 Å². The predicted molar refractivity (Wildman–Crippen MR) is 59.4 cm³/mol. The van der Waals surface area contributed by atoms with Crippen LogP contribution in [0.2, 0.25) is 0 Å². The number of hydrogen-bond acceptors (Lipinski definition) is 4. The molecule has 0 aromatic heterocycles. The summed E-state index contributed by atoms with van der Waals surface area (Å²) in [6.07, 6.45) is -0.100. The van der Waals surface area contributed by atoms with E-state index in [2.05, 4.69) is 0 Å². The second-order valence-electron chi connectivity index (χ2n) is 4.04. The van der Waals surface area contributed by atoms with Crippen molar-refractivity contribution in [1.29, 1.82) is 0 Å². The third-order valence-corrected chi connectivity index (χ3v) is 2.84. The van der Waals surface area contributed by atoms with Crippen LogP contribution in [0.3, 0.4) is 0 Å². The van der Waals surface area contributed by atoms with Crippen LogP contribution in [-0.2, 0) is 4.79 Å². The second-order valence-corrected chi connectivity index (χ2v) is 4.04. The summed E-state index contributed by atoms with van der Waals surface area (Å²) in [7, 11) is 0. The molecule has 2 N–H and O–H groups in total. The summed E-state index contributed by atoms with van der Waals surface area (Å²) in [4.78, 5) is 10.7. The van der Waals surface area contributed by atoms with Gasteiger partial charge in [-0.25, -0.2) is 0 Å². The van der Waals surface area contributed by atoms with Crippen molar-refractivity contribution in [3.05, 3.63) is 23.3 Å². The molecule has 17 heavy (non-hydrogen) atoms. The van der Waals surface area contributed by atoms with Crippen LogP contribution in [0.15, 0.2) is 12.1 Å². The van der Waals surface area contributed by atoms with E-state index in [0.29, 0.717) is 11.5 Å². The smallest absolute Gasteiger partial charge is 0.304 e. The van der Waals surface area contributed by atoms with Gasteiger partial charge < -0.3 is 19.7 Å². The number of hydrogen-bond donors (Lipinski definition) is 2. The molecule has 1 atom stereocenters. The van der Waals surface area contributed by atoms with Gasteiger partial charge in [-0.15, -0.1) is 0 Å². The molecule has 0 saturated carbocycles. The van der Waals surface area contributed by atoms with E-state index >= 15 is 0 Å². The number of fused-ring (bicyclic) bond motifs is 1. The van der Waals surface area contributed by atoms with Crippen molar-refractivity contribution in [2.45, 2.75) is 19.3 Å². The molecule has 92 valence electrons. The number of ether oxygens (including phenoxy) is 2. The topological polar surface area (TPSA) is 76.0 Å². The first-order valence-electron chi connectivity index (χ1n) is 5.34. The highest BCUT2D eigenvalue weighted by molar-refractivity contribution is 5.68. The molecule has 0 saturated heterocycles. The standard InChI is InChI=1S/C12H14O5/c1-7-2-10-11(17-6-16-10)4-9(7)8(5-13)3-12(14)15/h2,4,8,13H,3,5-6H2,1H3,(H,14,15). The minimum absolute atomic E-state index is 0.100. The molecule has 1 aromatic rings. The van der Waals surface area contributed by atoms with Gasteiger partial charge in [0.25, 0.3) is 0 Å². The first-order valence-corrected chi connectivity index (χ1v) is 5.34. The molecule has 0 amide bonds. The van der Waals surface area contributed by atoms with Crippen molar-refractivity contribution in [3.63, 3.8) is 0 Å². The van der Waals surface area contributed by atoms with Crippen molar-refractivity contribution in [1.82, 2.24) is 0 Å². The number of aryl methyl sites for hydroxylation is 1.